The average molecular weight is 264 g/mol. The largest absolute Gasteiger partial charge is 0.479 e. The first kappa shape index (κ1) is 12.9. The number of furan rings is 1. The lowest BCUT2D eigenvalue weighted by Gasteiger charge is -2.09. The topological polar surface area (TPSA) is 97.0 Å². The van der Waals surface area contributed by atoms with Gasteiger partial charge in [-0.3, -0.25) is 0 Å². The Labute approximate surface area is 108 Å². The fraction of sp³-hybridized carbons (Fsp3) is 0.231. The molecule has 0 bridgehead atoms. The number of hydrogen-bond donors (Lipinski definition) is 2. The molecule has 0 aliphatic carbocycles. The highest BCUT2D eigenvalue weighted by Crippen LogP contribution is 2.29. The van der Waals surface area contributed by atoms with Crippen molar-refractivity contribution in [1.29, 1.82) is 0 Å². The lowest BCUT2D eigenvalue weighted by molar-refractivity contribution is -0.144. The molecule has 1 aromatic carbocycles. The van der Waals surface area contributed by atoms with Gasteiger partial charge in [-0.05, 0) is 32.0 Å². The van der Waals surface area contributed by atoms with Crippen LogP contribution in [0.25, 0.3) is 11.0 Å². The van der Waals surface area contributed by atoms with Crippen molar-refractivity contribution in [2.45, 2.75) is 20.0 Å². The van der Waals surface area contributed by atoms with E-state index >= 15 is 0 Å². The zero-order chi connectivity index (χ0) is 14.2. The van der Waals surface area contributed by atoms with Gasteiger partial charge in [0.15, 0.2) is 6.10 Å². The molecule has 1 aromatic heterocycles. The van der Waals surface area contributed by atoms with Crippen LogP contribution < -0.4 is 4.74 Å². The first-order valence-electron chi connectivity index (χ1n) is 5.56. The number of aliphatic carboxylic acids is 1. The third kappa shape index (κ3) is 2.37. The van der Waals surface area contributed by atoms with Gasteiger partial charge in [-0.2, -0.15) is 0 Å². The maximum atomic E-state index is 11.1. The molecule has 0 spiro atoms. The van der Waals surface area contributed by atoms with E-state index in [-0.39, 0.29) is 11.3 Å². The number of rotatable bonds is 4. The van der Waals surface area contributed by atoms with E-state index in [1.807, 2.05) is 0 Å². The summed E-state index contributed by atoms with van der Waals surface area (Å²) in [5.41, 5.74) is 0.480. The Bertz CT molecular complexity index is 654. The van der Waals surface area contributed by atoms with Gasteiger partial charge >= 0.3 is 11.9 Å². The Morgan fingerprint density at radius 3 is 2.58 bits per heavy atom. The molecule has 0 radical (unpaired) electrons. The number of benzene rings is 1. The second kappa shape index (κ2) is 4.64. The van der Waals surface area contributed by atoms with E-state index in [1.165, 1.54) is 19.1 Å². The number of ether oxygens (including phenoxy) is 1. The molecular formula is C13H12O6. The van der Waals surface area contributed by atoms with Crippen LogP contribution >= 0.6 is 0 Å². The molecule has 2 aromatic rings. The van der Waals surface area contributed by atoms with Gasteiger partial charge in [-0.25, -0.2) is 9.59 Å². The number of carbonyl (C=O) groups is 2. The minimum absolute atomic E-state index is 0.0587. The second-order valence-electron chi connectivity index (χ2n) is 4.09. The molecule has 1 heterocycles. The van der Waals surface area contributed by atoms with E-state index in [0.717, 1.165) is 0 Å². The summed E-state index contributed by atoms with van der Waals surface area (Å²) < 4.78 is 10.5. The Morgan fingerprint density at radius 2 is 2.00 bits per heavy atom. The normalized spacial score (nSPS) is 12.3. The number of aryl methyl sites for hydroxylation is 1. The van der Waals surface area contributed by atoms with Crippen molar-refractivity contribution in [2.24, 2.45) is 0 Å². The van der Waals surface area contributed by atoms with Crippen LogP contribution in [-0.4, -0.2) is 28.3 Å². The maximum Gasteiger partial charge on any atom is 0.344 e. The summed E-state index contributed by atoms with van der Waals surface area (Å²) in [7, 11) is 0. The summed E-state index contributed by atoms with van der Waals surface area (Å²) in [6.45, 7) is 2.95. The fourth-order valence-corrected chi connectivity index (χ4v) is 1.79. The summed E-state index contributed by atoms with van der Waals surface area (Å²) in [5, 5.41) is 18.3. The quantitative estimate of drug-likeness (QED) is 0.879. The number of carboxylic acids is 2. The van der Waals surface area contributed by atoms with Gasteiger partial charge in [-0.1, -0.05) is 0 Å². The van der Waals surface area contributed by atoms with E-state index in [1.54, 1.807) is 13.0 Å². The lowest BCUT2D eigenvalue weighted by atomic mass is 10.1. The van der Waals surface area contributed by atoms with E-state index in [9.17, 15) is 9.59 Å². The van der Waals surface area contributed by atoms with Crippen LogP contribution in [0.4, 0.5) is 0 Å². The van der Waals surface area contributed by atoms with Gasteiger partial charge < -0.3 is 19.4 Å². The van der Waals surface area contributed by atoms with Crippen molar-refractivity contribution in [3.05, 3.63) is 29.5 Å². The molecule has 0 amide bonds. The van der Waals surface area contributed by atoms with Crippen molar-refractivity contribution < 1.29 is 29.0 Å². The molecule has 0 saturated carbocycles. The Kier molecular flexibility index (Phi) is 3.16. The summed E-state index contributed by atoms with van der Waals surface area (Å²) >= 11 is 0. The first-order valence-corrected chi connectivity index (χ1v) is 5.56. The molecule has 0 fully saturated rings. The van der Waals surface area contributed by atoms with Crippen molar-refractivity contribution in [2.75, 3.05) is 0 Å². The summed E-state index contributed by atoms with van der Waals surface area (Å²) in [5.74, 6) is -1.61. The van der Waals surface area contributed by atoms with Crippen LogP contribution in [0.2, 0.25) is 0 Å². The van der Waals surface area contributed by atoms with Crippen LogP contribution in [-0.2, 0) is 4.79 Å². The van der Waals surface area contributed by atoms with Crippen molar-refractivity contribution >= 4 is 22.9 Å². The van der Waals surface area contributed by atoms with Gasteiger partial charge in [0.25, 0.3) is 0 Å². The number of fused-ring (bicyclic) bond motifs is 1. The average Bonchev–Trinajstić information content (AvgIpc) is 2.64. The van der Waals surface area contributed by atoms with Crippen LogP contribution in [0.3, 0.4) is 0 Å². The van der Waals surface area contributed by atoms with Crippen LogP contribution in [0, 0.1) is 6.92 Å². The van der Waals surface area contributed by atoms with E-state index in [4.69, 9.17) is 19.4 Å². The summed E-state index contributed by atoms with van der Waals surface area (Å²) in [4.78, 5) is 21.9. The molecule has 2 rings (SSSR count). The fourth-order valence-electron chi connectivity index (χ4n) is 1.79. The van der Waals surface area contributed by atoms with Gasteiger partial charge in [0.05, 0.1) is 0 Å². The molecule has 2 N–H and O–H groups in total. The summed E-state index contributed by atoms with van der Waals surface area (Å²) in [6, 6.07) is 4.56. The molecule has 0 saturated heterocycles. The Morgan fingerprint density at radius 1 is 1.32 bits per heavy atom. The predicted octanol–water partition coefficient (Wildman–Crippen LogP) is 2.29. The Hall–Kier alpha value is -2.50. The van der Waals surface area contributed by atoms with E-state index in [2.05, 4.69) is 0 Å². The van der Waals surface area contributed by atoms with Gasteiger partial charge in [-0.15, -0.1) is 0 Å². The second-order valence-corrected chi connectivity index (χ2v) is 4.09. The van der Waals surface area contributed by atoms with Crippen molar-refractivity contribution in [1.82, 2.24) is 0 Å². The van der Waals surface area contributed by atoms with Crippen LogP contribution in [0.1, 0.15) is 23.0 Å². The molecule has 19 heavy (non-hydrogen) atoms. The monoisotopic (exact) mass is 264 g/mol. The molecule has 0 aliphatic rings. The highest BCUT2D eigenvalue weighted by atomic mass is 16.5. The minimum atomic E-state index is -1.10. The summed E-state index contributed by atoms with van der Waals surface area (Å²) in [6.07, 6.45) is -1.02. The first-order chi connectivity index (χ1) is 8.90. The zero-order valence-electron chi connectivity index (χ0n) is 10.3. The third-order valence-corrected chi connectivity index (χ3v) is 2.71. The number of carboxylic acid groups (broad SMARTS) is 2. The third-order valence-electron chi connectivity index (χ3n) is 2.71. The molecule has 0 aliphatic heterocycles. The lowest BCUT2D eigenvalue weighted by Crippen LogP contribution is -2.22. The molecule has 0 unspecified atom stereocenters. The van der Waals surface area contributed by atoms with Gasteiger partial charge in [0.1, 0.15) is 22.7 Å². The SMILES string of the molecule is Cc1oc2ccc(O[C@@H](C)C(=O)O)cc2c1C(=O)O. The van der Waals surface area contributed by atoms with Crippen molar-refractivity contribution in [3.8, 4) is 5.75 Å². The zero-order valence-corrected chi connectivity index (χ0v) is 10.3. The molecule has 1 atom stereocenters. The molecular weight excluding hydrogens is 252 g/mol. The van der Waals surface area contributed by atoms with E-state index in [0.29, 0.717) is 16.7 Å². The maximum absolute atomic E-state index is 11.1. The van der Waals surface area contributed by atoms with Crippen LogP contribution in [0.15, 0.2) is 22.6 Å². The number of aromatic carboxylic acids is 1. The standard InChI is InChI=1S/C13H12O6/c1-6-11(13(16)17)9-5-8(3-4-10(9)19-6)18-7(2)12(14)15/h3-5,7H,1-2H3,(H,14,15)(H,16,17)/t7-/m0/s1. The molecule has 100 valence electrons. The molecule has 6 nitrogen and oxygen atoms in total. The highest BCUT2D eigenvalue weighted by molar-refractivity contribution is 6.03. The van der Waals surface area contributed by atoms with Gasteiger partial charge in [0.2, 0.25) is 0 Å². The highest BCUT2D eigenvalue weighted by Gasteiger charge is 2.19. The Balaban J connectivity index is 2.47. The smallest absolute Gasteiger partial charge is 0.344 e. The van der Waals surface area contributed by atoms with E-state index < -0.39 is 18.0 Å². The van der Waals surface area contributed by atoms with Crippen molar-refractivity contribution in [3.63, 3.8) is 0 Å². The number of hydrogen-bond acceptors (Lipinski definition) is 4. The minimum Gasteiger partial charge on any atom is -0.479 e. The van der Waals surface area contributed by atoms with Crippen LogP contribution in [0.5, 0.6) is 5.75 Å². The van der Waals surface area contributed by atoms with Gasteiger partial charge in [0, 0.05) is 5.39 Å². The molecule has 6 heteroatoms. The predicted molar refractivity (Wildman–Crippen MR) is 65.6 cm³/mol.